The second-order valence-corrected chi connectivity index (χ2v) is 6.88. The van der Waals surface area contributed by atoms with Crippen LogP contribution in [0.1, 0.15) is 56.7 Å². The first kappa shape index (κ1) is 19.1. The predicted molar refractivity (Wildman–Crippen MR) is 100 cm³/mol. The zero-order valence-electron chi connectivity index (χ0n) is 16.0. The van der Waals surface area contributed by atoms with Crippen molar-refractivity contribution in [1.29, 1.82) is 0 Å². The standard InChI is InChI=1S/C18H32N6O2/c1-3-19-18(20-9-5-11-26-15-7-12-25-13-8-15)22-16-6-4-10-24-17(16)21-14(2)23-24/h15-16H,3-13H2,1-2H3,(H2,19,20,22). The van der Waals surface area contributed by atoms with Crippen molar-refractivity contribution in [3.63, 3.8) is 0 Å². The van der Waals surface area contributed by atoms with Gasteiger partial charge < -0.3 is 20.1 Å². The molecule has 1 atom stereocenters. The van der Waals surface area contributed by atoms with Crippen LogP contribution in [0, 0.1) is 6.92 Å². The number of rotatable bonds is 7. The van der Waals surface area contributed by atoms with E-state index in [9.17, 15) is 0 Å². The predicted octanol–water partition coefficient (Wildman–Crippen LogP) is 1.56. The van der Waals surface area contributed by atoms with Gasteiger partial charge in [0.05, 0.1) is 12.1 Å². The first-order valence-corrected chi connectivity index (χ1v) is 9.91. The molecule has 0 saturated carbocycles. The molecule has 8 heteroatoms. The van der Waals surface area contributed by atoms with Gasteiger partial charge in [-0.1, -0.05) is 0 Å². The lowest BCUT2D eigenvalue weighted by Gasteiger charge is -2.25. The number of guanidine groups is 1. The van der Waals surface area contributed by atoms with Crippen LogP contribution in [0.25, 0.3) is 0 Å². The summed E-state index contributed by atoms with van der Waals surface area (Å²) >= 11 is 0. The lowest BCUT2D eigenvalue weighted by atomic mass is 10.1. The quantitative estimate of drug-likeness (QED) is 0.434. The van der Waals surface area contributed by atoms with Gasteiger partial charge in [0.2, 0.25) is 0 Å². The number of fused-ring (bicyclic) bond motifs is 1. The van der Waals surface area contributed by atoms with Crippen LogP contribution >= 0.6 is 0 Å². The fourth-order valence-corrected chi connectivity index (χ4v) is 3.44. The minimum atomic E-state index is 0.168. The lowest BCUT2D eigenvalue weighted by Crippen LogP contribution is -2.41. The second kappa shape index (κ2) is 9.87. The molecular formula is C18H32N6O2. The lowest BCUT2D eigenvalue weighted by molar-refractivity contribution is -0.0318. The summed E-state index contributed by atoms with van der Waals surface area (Å²) in [6.45, 7) is 8.96. The van der Waals surface area contributed by atoms with E-state index < -0.39 is 0 Å². The molecule has 1 aromatic rings. The number of hydrogen-bond acceptors (Lipinski definition) is 5. The molecule has 2 aliphatic rings. The molecule has 3 heterocycles. The van der Waals surface area contributed by atoms with Crippen LogP contribution < -0.4 is 10.6 Å². The molecule has 2 N–H and O–H groups in total. The molecule has 26 heavy (non-hydrogen) atoms. The number of ether oxygens (including phenoxy) is 2. The summed E-state index contributed by atoms with van der Waals surface area (Å²) in [5, 5.41) is 11.3. The van der Waals surface area contributed by atoms with E-state index in [1.54, 1.807) is 0 Å². The topological polar surface area (TPSA) is 85.6 Å². The maximum Gasteiger partial charge on any atom is 0.191 e. The Balaban J connectivity index is 1.46. The zero-order valence-corrected chi connectivity index (χ0v) is 16.0. The van der Waals surface area contributed by atoms with Crippen molar-refractivity contribution in [3.8, 4) is 0 Å². The number of hydrogen-bond donors (Lipinski definition) is 2. The van der Waals surface area contributed by atoms with Gasteiger partial charge in [-0.25, -0.2) is 9.67 Å². The molecule has 0 bridgehead atoms. The van der Waals surface area contributed by atoms with Gasteiger partial charge in [0.1, 0.15) is 11.6 Å². The molecule has 1 unspecified atom stereocenters. The summed E-state index contributed by atoms with van der Waals surface area (Å²) in [6, 6.07) is 0.168. The molecule has 0 amide bonds. The summed E-state index contributed by atoms with van der Waals surface area (Å²) in [4.78, 5) is 9.29. The van der Waals surface area contributed by atoms with Crippen molar-refractivity contribution in [2.24, 2.45) is 4.99 Å². The van der Waals surface area contributed by atoms with Gasteiger partial charge in [-0.3, -0.25) is 4.99 Å². The number of aromatic nitrogens is 3. The first-order valence-electron chi connectivity index (χ1n) is 9.91. The van der Waals surface area contributed by atoms with Crippen LogP contribution in [-0.2, 0) is 16.0 Å². The summed E-state index contributed by atoms with van der Waals surface area (Å²) in [7, 11) is 0. The van der Waals surface area contributed by atoms with E-state index in [0.29, 0.717) is 6.10 Å². The van der Waals surface area contributed by atoms with Crippen LogP contribution in [0.5, 0.6) is 0 Å². The highest BCUT2D eigenvalue weighted by Crippen LogP contribution is 2.22. The molecule has 0 aromatic carbocycles. The third kappa shape index (κ3) is 5.41. The fourth-order valence-electron chi connectivity index (χ4n) is 3.44. The summed E-state index contributed by atoms with van der Waals surface area (Å²) in [6.07, 6.45) is 5.45. The average Bonchev–Trinajstić information content (AvgIpc) is 3.04. The van der Waals surface area contributed by atoms with Crippen molar-refractivity contribution in [1.82, 2.24) is 25.4 Å². The van der Waals surface area contributed by atoms with E-state index in [4.69, 9.17) is 14.5 Å². The van der Waals surface area contributed by atoms with Crippen LogP contribution in [0.4, 0.5) is 0 Å². The Morgan fingerprint density at radius 2 is 2.19 bits per heavy atom. The van der Waals surface area contributed by atoms with Crippen molar-refractivity contribution in [3.05, 3.63) is 11.6 Å². The minimum absolute atomic E-state index is 0.168. The Bertz CT molecular complexity index is 582. The maximum absolute atomic E-state index is 5.91. The Morgan fingerprint density at radius 3 is 3.00 bits per heavy atom. The molecule has 1 aromatic heterocycles. The Labute approximate surface area is 155 Å². The minimum Gasteiger partial charge on any atom is -0.381 e. The number of aryl methyl sites for hydroxylation is 2. The van der Waals surface area contributed by atoms with Crippen LogP contribution in [0.2, 0.25) is 0 Å². The molecule has 2 aliphatic heterocycles. The third-order valence-electron chi connectivity index (χ3n) is 4.73. The molecular weight excluding hydrogens is 332 g/mol. The highest BCUT2D eigenvalue weighted by molar-refractivity contribution is 5.80. The first-order chi connectivity index (χ1) is 12.8. The van der Waals surface area contributed by atoms with Gasteiger partial charge in [-0.15, -0.1) is 0 Å². The van der Waals surface area contributed by atoms with Crippen molar-refractivity contribution in [2.45, 2.75) is 64.6 Å². The van der Waals surface area contributed by atoms with Crippen LogP contribution in [-0.4, -0.2) is 59.7 Å². The van der Waals surface area contributed by atoms with Gasteiger partial charge in [-0.05, 0) is 46.0 Å². The summed E-state index contributed by atoms with van der Waals surface area (Å²) in [5.74, 6) is 2.70. The number of nitrogens with one attached hydrogen (secondary N) is 2. The van der Waals surface area contributed by atoms with Crippen LogP contribution in [0.3, 0.4) is 0 Å². The van der Waals surface area contributed by atoms with E-state index >= 15 is 0 Å². The van der Waals surface area contributed by atoms with Gasteiger partial charge in [-0.2, -0.15) is 5.10 Å². The highest BCUT2D eigenvalue weighted by atomic mass is 16.5. The number of nitrogens with zero attached hydrogens (tertiary/aromatic N) is 4. The molecule has 0 radical (unpaired) electrons. The van der Waals surface area contributed by atoms with E-state index in [1.165, 1.54) is 0 Å². The van der Waals surface area contributed by atoms with E-state index in [1.807, 2.05) is 11.6 Å². The summed E-state index contributed by atoms with van der Waals surface area (Å²) < 4.78 is 13.3. The molecule has 8 nitrogen and oxygen atoms in total. The molecule has 0 spiro atoms. The van der Waals surface area contributed by atoms with Gasteiger partial charge in [0.15, 0.2) is 5.96 Å². The third-order valence-corrected chi connectivity index (χ3v) is 4.73. The Morgan fingerprint density at radius 1 is 1.35 bits per heavy atom. The van der Waals surface area contributed by atoms with Gasteiger partial charge in [0.25, 0.3) is 0 Å². The second-order valence-electron chi connectivity index (χ2n) is 6.88. The van der Waals surface area contributed by atoms with E-state index in [-0.39, 0.29) is 6.04 Å². The molecule has 3 rings (SSSR count). The smallest absolute Gasteiger partial charge is 0.191 e. The molecule has 146 valence electrons. The van der Waals surface area contributed by atoms with Gasteiger partial charge >= 0.3 is 0 Å². The van der Waals surface area contributed by atoms with Crippen LogP contribution in [0.15, 0.2) is 4.99 Å². The number of aliphatic imine (C=N–C) groups is 1. The Hall–Kier alpha value is -1.67. The van der Waals surface area contributed by atoms with Crippen molar-refractivity contribution < 1.29 is 9.47 Å². The normalized spacial score (nSPS) is 21.5. The fraction of sp³-hybridized carbons (Fsp3) is 0.833. The average molecular weight is 364 g/mol. The zero-order chi connectivity index (χ0) is 18.2. The van der Waals surface area contributed by atoms with E-state index in [0.717, 1.165) is 89.2 Å². The van der Waals surface area contributed by atoms with Crippen molar-refractivity contribution in [2.75, 3.05) is 32.9 Å². The van der Waals surface area contributed by atoms with E-state index in [2.05, 4.69) is 27.6 Å². The van der Waals surface area contributed by atoms with Crippen molar-refractivity contribution >= 4 is 5.96 Å². The molecule has 1 saturated heterocycles. The molecule has 0 aliphatic carbocycles. The summed E-state index contributed by atoms with van der Waals surface area (Å²) in [5.41, 5.74) is 0. The van der Waals surface area contributed by atoms with Gasteiger partial charge in [0, 0.05) is 39.5 Å². The maximum atomic E-state index is 5.91. The largest absolute Gasteiger partial charge is 0.381 e. The highest BCUT2D eigenvalue weighted by Gasteiger charge is 2.24. The molecule has 1 fully saturated rings. The SMILES string of the molecule is CCNC(=NCCCOC1CCOCC1)NC1CCCn2nc(C)nc21. The Kier molecular flexibility index (Phi) is 7.25. The monoisotopic (exact) mass is 364 g/mol.